The quantitative estimate of drug-likeness (QED) is 0.727. The first-order valence-electron chi connectivity index (χ1n) is 8.18. The van der Waals surface area contributed by atoms with Crippen LogP contribution in [-0.2, 0) is 4.43 Å². The molecule has 0 saturated carbocycles. The van der Waals surface area contributed by atoms with Gasteiger partial charge in [-0.05, 0) is 55.6 Å². The smallest absolute Gasteiger partial charge is 0.192 e. The zero-order valence-corrected chi connectivity index (χ0v) is 15.6. The molecular weight excluding hydrogens is 274 g/mol. The Morgan fingerprint density at radius 2 is 2.00 bits per heavy atom. The number of aryl methyl sites for hydroxylation is 1. The first-order chi connectivity index (χ1) is 9.71. The molecule has 0 aromatic heterocycles. The van der Waals surface area contributed by atoms with Gasteiger partial charge < -0.3 is 9.33 Å². The summed E-state index contributed by atoms with van der Waals surface area (Å²) in [6.07, 6.45) is 2.53. The molecule has 2 rings (SSSR count). The molecule has 1 aromatic carbocycles. The summed E-state index contributed by atoms with van der Waals surface area (Å²) in [5.74, 6) is 0. The number of rotatable bonds is 4. The summed E-state index contributed by atoms with van der Waals surface area (Å²) in [5.41, 5.74) is 2.69. The molecule has 1 aliphatic heterocycles. The van der Waals surface area contributed by atoms with Crippen molar-refractivity contribution in [2.24, 2.45) is 0 Å². The van der Waals surface area contributed by atoms with Gasteiger partial charge in [0.2, 0.25) is 0 Å². The van der Waals surface area contributed by atoms with Crippen LogP contribution in [0.2, 0.25) is 18.1 Å². The van der Waals surface area contributed by atoms with Crippen molar-refractivity contribution >= 4 is 14.0 Å². The molecule has 1 aromatic rings. The summed E-state index contributed by atoms with van der Waals surface area (Å²) < 4.78 is 6.46. The fourth-order valence-electron chi connectivity index (χ4n) is 2.68. The Hall–Kier alpha value is -0.803. The number of hydrogen-bond donors (Lipinski definition) is 0. The highest BCUT2D eigenvalue weighted by Gasteiger charge is 2.38. The summed E-state index contributed by atoms with van der Waals surface area (Å²) in [7, 11) is -1.64. The molecule has 118 valence electrons. The molecule has 2 nitrogen and oxygen atoms in total. The lowest BCUT2D eigenvalue weighted by atomic mass is 10.2. The molecule has 1 atom stereocenters. The molecule has 1 fully saturated rings. The summed E-state index contributed by atoms with van der Waals surface area (Å²) >= 11 is 0. The van der Waals surface area contributed by atoms with Gasteiger partial charge >= 0.3 is 0 Å². The van der Waals surface area contributed by atoms with Gasteiger partial charge in [0.05, 0.1) is 12.6 Å². The zero-order chi connectivity index (χ0) is 15.7. The lowest BCUT2D eigenvalue weighted by molar-refractivity contribution is 0.263. The van der Waals surface area contributed by atoms with E-state index in [-0.39, 0.29) is 0 Å². The second-order valence-corrected chi connectivity index (χ2v) is 12.7. The fourth-order valence-corrected chi connectivity index (χ4v) is 3.72. The molecule has 1 saturated heterocycles. The van der Waals surface area contributed by atoms with E-state index in [2.05, 4.69) is 70.0 Å². The average molecular weight is 306 g/mol. The van der Waals surface area contributed by atoms with Gasteiger partial charge in [0.15, 0.2) is 8.32 Å². The van der Waals surface area contributed by atoms with Gasteiger partial charge in [-0.15, -0.1) is 0 Å². The molecular formula is C18H31NOSi. The first kappa shape index (κ1) is 16.6. The van der Waals surface area contributed by atoms with Crippen molar-refractivity contribution in [2.45, 2.75) is 64.7 Å². The third-order valence-electron chi connectivity index (χ3n) is 5.15. The minimum Gasteiger partial charge on any atom is -0.415 e. The lowest BCUT2D eigenvalue weighted by Crippen LogP contribution is -2.44. The number of anilines is 1. The highest BCUT2D eigenvalue weighted by atomic mass is 28.4. The van der Waals surface area contributed by atoms with E-state index < -0.39 is 8.32 Å². The minimum absolute atomic E-state index is 0.291. The van der Waals surface area contributed by atoms with Gasteiger partial charge in [-0.25, -0.2) is 0 Å². The van der Waals surface area contributed by atoms with Gasteiger partial charge in [-0.2, -0.15) is 0 Å². The third-order valence-corrected chi connectivity index (χ3v) is 9.65. The van der Waals surface area contributed by atoms with E-state index in [0.717, 1.165) is 13.2 Å². The average Bonchev–Trinajstić information content (AvgIpc) is 2.83. The van der Waals surface area contributed by atoms with Crippen LogP contribution in [-0.4, -0.2) is 27.5 Å². The summed E-state index contributed by atoms with van der Waals surface area (Å²) in [6.45, 7) is 15.8. The highest BCUT2D eigenvalue weighted by Crippen LogP contribution is 2.37. The number of hydrogen-bond acceptors (Lipinski definition) is 2. The first-order valence-corrected chi connectivity index (χ1v) is 11.1. The van der Waals surface area contributed by atoms with Crippen molar-refractivity contribution in [1.29, 1.82) is 0 Å². The fraction of sp³-hybridized carbons (Fsp3) is 0.667. The van der Waals surface area contributed by atoms with E-state index in [0.29, 0.717) is 11.1 Å². The van der Waals surface area contributed by atoms with Crippen LogP contribution in [0.1, 0.15) is 39.2 Å². The van der Waals surface area contributed by atoms with Crippen LogP contribution in [0.25, 0.3) is 0 Å². The Kier molecular flexibility index (Phi) is 4.84. The normalized spacial score (nSPS) is 20.1. The van der Waals surface area contributed by atoms with Crippen LogP contribution in [0, 0.1) is 6.92 Å². The van der Waals surface area contributed by atoms with E-state index in [1.807, 2.05) is 0 Å². The van der Waals surface area contributed by atoms with Gasteiger partial charge in [0, 0.05) is 12.2 Å². The molecule has 0 amide bonds. The Morgan fingerprint density at radius 1 is 1.29 bits per heavy atom. The zero-order valence-electron chi connectivity index (χ0n) is 14.6. The molecule has 21 heavy (non-hydrogen) atoms. The Bertz CT molecular complexity index is 478. The molecule has 3 heteroatoms. The largest absolute Gasteiger partial charge is 0.415 e. The van der Waals surface area contributed by atoms with Crippen LogP contribution in [0.3, 0.4) is 0 Å². The summed E-state index contributed by atoms with van der Waals surface area (Å²) in [6, 6.07) is 9.40. The standard InChI is InChI=1S/C18H31NOSi/c1-15-9-7-10-16(13-15)19-12-8-11-17(19)14-20-21(5,6)18(2,3)4/h7,9-10,13,17H,8,11-12,14H2,1-6H3. The number of nitrogens with zero attached hydrogens (tertiary/aromatic N) is 1. The van der Waals surface area contributed by atoms with Gasteiger partial charge in [-0.1, -0.05) is 32.9 Å². The van der Waals surface area contributed by atoms with E-state index in [4.69, 9.17) is 4.43 Å². The predicted octanol–water partition coefficient (Wildman–Crippen LogP) is 4.99. The number of benzene rings is 1. The topological polar surface area (TPSA) is 12.5 Å². The molecule has 0 spiro atoms. The van der Waals surface area contributed by atoms with Crippen molar-refractivity contribution in [3.8, 4) is 0 Å². The van der Waals surface area contributed by atoms with E-state index in [1.54, 1.807) is 0 Å². The van der Waals surface area contributed by atoms with Crippen molar-refractivity contribution in [3.05, 3.63) is 29.8 Å². The predicted molar refractivity (Wildman–Crippen MR) is 94.7 cm³/mol. The Labute approximate surface area is 131 Å². The molecule has 0 radical (unpaired) electrons. The summed E-state index contributed by atoms with van der Waals surface area (Å²) in [4.78, 5) is 2.54. The summed E-state index contributed by atoms with van der Waals surface area (Å²) in [5, 5.41) is 0.291. The van der Waals surface area contributed by atoms with Crippen molar-refractivity contribution < 1.29 is 4.43 Å². The van der Waals surface area contributed by atoms with Crippen LogP contribution in [0.4, 0.5) is 5.69 Å². The minimum atomic E-state index is -1.64. The Morgan fingerprint density at radius 3 is 2.62 bits per heavy atom. The second kappa shape index (κ2) is 6.13. The molecule has 1 heterocycles. The Balaban J connectivity index is 2.03. The van der Waals surface area contributed by atoms with Crippen molar-refractivity contribution in [3.63, 3.8) is 0 Å². The monoisotopic (exact) mass is 305 g/mol. The van der Waals surface area contributed by atoms with Crippen molar-refractivity contribution in [1.82, 2.24) is 0 Å². The van der Waals surface area contributed by atoms with E-state index >= 15 is 0 Å². The van der Waals surface area contributed by atoms with Crippen LogP contribution in [0.5, 0.6) is 0 Å². The maximum Gasteiger partial charge on any atom is 0.192 e. The van der Waals surface area contributed by atoms with Crippen molar-refractivity contribution in [2.75, 3.05) is 18.1 Å². The maximum absolute atomic E-state index is 6.46. The van der Waals surface area contributed by atoms with E-state index in [1.165, 1.54) is 24.1 Å². The maximum atomic E-state index is 6.46. The van der Waals surface area contributed by atoms with E-state index in [9.17, 15) is 0 Å². The van der Waals surface area contributed by atoms with Gasteiger partial charge in [0.1, 0.15) is 0 Å². The molecule has 0 N–H and O–H groups in total. The van der Waals surface area contributed by atoms with Gasteiger partial charge in [0.25, 0.3) is 0 Å². The molecule has 1 aliphatic rings. The third kappa shape index (κ3) is 3.89. The lowest BCUT2D eigenvalue weighted by Gasteiger charge is -2.38. The SMILES string of the molecule is Cc1cccc(N2CCCC2CO[Si](C)(C)C(C)(C)C)c1. The highest BCUT2D eigenvalue weighted by molar-refractivity contribution is 6.74. The van der Waals surface area contributed by atoms with Crippen LogP contribution < -0.4 is 4.90 Å². The molecule has 0 bridgehead atoms. The molecule has 1 unspecified atom stereocenters. The van der Waals surface area contributed by atoms with Gasteiger partial charge in [-0.3, -0.25) is 0 Å². The molecule has 0 aliphatic carbocycles. The van der Waals surface area contributed by atoms with Crippen LogP contribution >= 0.6 is 0 Å². The second-order valence-electron chi connectivity index (χ2n) is 7.90. The van der Waals surface area contributed by atoms with Crippen LogP contribution in [0.15, 0.2) is 24.3 Å².